The monoisotopic (exact) mass is 776 g/mol. The van der Waals surface area contributed by atoms with Gasteiger partial charge in [0.2, 0.25) is 0 Å². The van der Waals surface area contributed by atoms with Crippen molar-refractivity contribution >= 4 is 11.0 Å². The number of aromatic hydroxyl groups is 1. The number of imidazole rings is 1. The third kappa shape index (κ3) is 7.84. The number of phenols is 1. The Morgan fingerprint density at radius 3 is 1.83 bits per heavy atom. The Morgan fingerprint density at radius 1 is 0.508 bits per heavy atom. The lowest BCUT2D eigenvalue weighted by Gasteiger charge is -2.24. The van der Waals surface area contributed by atoms with Crippen LogP contribution >= 0.6 is 0 Å². The van der Waals surface area contributed by atoms with E-state index in [0.29, 0.717) is 17.0 Å². The predicted molar refractivity (Wildman–Crippen MR) is 249 cm³/mol. The summed E-state index contributed by atoms with van der Waals surface area (Å²) in [6, 6.07) is 47.2. The van der Waals surface area contributed by atoms with Crippen molar-refractivity contribution in [2.24, 2.45) is 0 Å². The number of pyridine rings is 1. The van der Waals surface area contributed by atoms with Crippen molar-refractivity contribution in [3.63, 3.8) is 0 Å². The Hall–Kier alpha value is -6.26. The lowest BCUT2D eigenvalue weighted by Crippen LogP contribution is -2.12. The Bertz CT molecular complexity index is 2940. The first-order chi connectivity index (χ1) is 29.2. The van der Waals surface area contributed by atoms with E-state index in [1.165, 1.54) is 11.1 Å². The SMILES string of the molecule is [2H]C([2H])([2H])c1ccc(-c2ccnc(-c3cc(-c4cccc5c4nc(-c4ccccc4O)n5-c4ccc(C(C)(C)C)cc4-c4ccc(C(C)(C)C)cc4)cc(C(C)(C)C)c3)c2)cc1. The maximum atomic E-state index is 11.4. The van der Waals surface area contributed by atoms with Gasteiger partial charge in [-0.25, -0.2) is 4.98 Å². The first kappa shape index (κ1) is 35.9. The molecule has 2 aromatic heterocycles. The van der Waals surface area contributed by atoms with Crippen molar-refractivity contribution in [2.45, 2.75) is 85.4 Å². The number of hydrogen-bond acceptors (Lipinski definition) is 3. The van der Waals surface area contributed by atoms with Crippen molar-refractivity contribution in [2.75, 3.05) is 0 Å². The third-order valence-corrected chi connectivity index (χ3v) is 11.4. The molecular weight excluding hydrogens is 719 g/mol. The van der Waals surface area contributed by atoms with E-state index in [-0.39, 0.29) is 22.0 Å². The van der Waals surface area contributed by atoms with Crippen LogP contribution < -0.4 is 0 Å². The van der Waals surface area contributed by atoms with Crippen LogP contribution in [-0.4, -0.2) is 19.6 Å². The van der Waals surface area contributed by atoms with E-state index in [1.54, 1.807) is 18.2 Å². The van der Waals surface area contributed by atoms with Gasteiger partial charge in [0, 0.05) is 27.0 Å². The van der Waals surface area contributed by atoms with Crippen LogP contribution in [0.3, 0.4) is 0 Å². The molecule has 4 heteroatoms. The summed E-state index contributed by atoms with van der Waals surface area (Å²) in [6.45, 7) is 17.9. The maximum Gasteiger partial charge on any atom is 0.149 e. The van der Waals surface area contributed by atoms with Gasteiger partial charge in [0.15, 0.2) is 0 Å². The highest BCUT2D eigenvalue weighted by Gasteiger charge is 2.25. The van der Waals surface area contributed by atoms with Gasteiger partial charge in [-0.05, 0) is 117 Å². The van der Waals surface area contributed by atoms with Crippen LogP contribution in [0, 0.1) is 6.85 Å². The summed E-state index contributed by atoms with van der Waals surface area (Å²) in [4.78, 5) is 10.3. The molecule has 0 bridgehead atoms. The normalized spacial score (nSPS) is 13.3. The number of hydrogen-bond donors (Lipinski definition) is 1. The van der Waals surface area contributed by atoms with Crippen LogP contribution in [0.1, 0.15) is 88.7 Å². The first-order valence-electron chi connectivity index (χ1n) is 22.0. The van der Waals surface area contributed by atoms with Crippen molar-refractivity contribution in [3.05, 3.63) is 168 Å². The van der Waals surface area contributed by atoms with Gasteiger partial charge in [-0.1, -0.05) is 153 Å². The number of phenolic OH excluding ortho intramolecular Hbond substituents is 1. The molecule has 0 radical (unpaired) electrons. The number of rotatable bonds is 6. The lowest BCUT2D eigenvalue weighted by molar-refractivity contribution is 0.477. The topological polar surface area (TPSA) is 50.9 Å². The van der Waals surface area contributed by atoms with Gasteiger partial charge >= 0.3 is 0 Å². The Labute approximate surface area is 354 Å². The number of benzene rings is 6. The highest BCUT2D eigenvalue weighted by molar-refractivity contribution is 5.97. The summed E-state index contributed by atoms with van der Waals surface area (Å²) in [5.74, 6) is 0.803. The molecule has 1 N–H and O–H groups in total. The standard InChI is InChI=1S/C55H55N3O/c1-35-18-20-36(21-19-35)38-28-29-56-47(33-38)40-30-39(31-43(32-40)55(8,9)10)44-15-13-16-49-51(44)57-52(45-14-11-12-17-50(45)59)58(49)48-27-26-42(54(5,6)7)34-46(48)37-22-24-41(25-23-37)53(2,3)4/h11-34,59H,1-10H3/i1D3. The van der Waals surface area contributed by atoms with Gasteiger partial charge < -0.3 is 5.11 Å². The minimum absolute atomic E-state index is 0.0157. The predicted octanol–water partition coefficient (Wildman–Crippen LogP) is 14.7. The van der Waals surface area contributed by atoms with E-state index in [2.05, 4.69) is 152 Å². The molecule has 8 rings (SSSR count). The molecule has 0 fully saturated rings. The first-order valence-corrected chi connectivity index (χ1v) is 20.5. The van der Waals surface area contributed by atoms with E-state index in [9.17, 15) is 5.11 Å². The molecule has 0 unspecified atom stereocenters. The Morgan fingerprint density at radius 2 is 1.15 bits per heavy atom. The molecule has 8 aromatic rings. The second-order valence-corrected chi connectivity index (χ2v) is 18.8. The second-order valence-electron chi connectivity index (χ2n) is 18.8. The second kappa shape index (κ2) is 14.8. The van der Waals surface area contributed by atoms with Crippen LogP contribution in [0.4, 0.5) is 0 Å². The van der Waals surface area contributed by atoms with E-state index >= 15 is 0 Å². The fourth-order valence-electron chi connectivity index (χ4n) is 7.79. The van der Waals surface area contributed by atoms with Crippen molar-refractivity contribution < 1.29 is 9.22 Å². The van der Waals surface area contributed by atoms with E-state index in [1.807, 2.05) is 42.6 Å². The van der Waals surface area contributed by atoms with Gasteiger partial charge in [0.1, 0.15) is 11.6 Å². The average molecular weight is 777 g/mol. The summed E-state index contributed by atoms with van der Waals surface area (Å²) in [7, 11) is 0. The average Bonchev–Trinajstić information content (AvgIpc) is 3.62. The van der Waals surface area contributed by atoms with Gasteiger partial charge in [0.25, 0.3) is 0 Å². The maximum absolute atomic E-state index is 11.4. The molecule has 6 aromatic carbocycles. The number of nitrogens with zero attached hydrogens (tertiary/aromatic N) is 3. The summed E-state index contributed by atoms with van der Waals surface area (Å²) in [6.07, 6.45) is 1.81. The summed E-state index contributed by atoms with van der Waals surface area (Å²) in [5, 5.41) is 11.4. The summed E-state index contributed by atoms with van der Waals surface area (Å²) < 4.78 is 25.7. The van der Waals surface area contributed by atoms with Crippen molar-refractivity contribution in [1.29, 1.82) is 0 Å². The fraction of sp³-hybridized carbons (Fsp3) is 0.236. The number of fused-ring (bicyclic) bond motifs is 1. The molecule has 0 saturated heterocycles. The molecule has 296 valence electrons. The zero-order valence-electron chi connectivity index (χ0n) is 38.6. The van der Waals surface area contributed by atoms with Crippen molar-refractivity contribution in [1.82, 2.24) is 14.5 Å². The molecule has 0 spiro atoms. The highest BCUT2D eigenvalue weighted by Crippen LogP contribution is 2.43. The smallest absolute Gasteiger partial charge is 0.149 e. The van der Waals surface area contributed by atoms with Crippen LogP contribution in [0.2, 0.25) is 0 Å². The zero-order chi connectivity index (χ0) is 44.4. The minimum Gasteiger partial charge on any atom is -0.507 e. The molecule has 0 saturated carbocycles. The quantitative estimate of drug-likeness (QED) is 0.183. The highest BCUT2D eigenvalue weighted by atomic mass is 16.3. The van der Waals surface area contributed by atoms with Gasteiger partial charge in [-0.3, -0.25) is 9.55 Å². The minimum atomic E-state index is -2.16. The molecular formula is C55H55N3O. The van der Waals surface area contributed by atoms with Gasteiger partial charge in [0.05, 0.1) is 28.0 Å². The lowest BCUT2D eigenvalue weighted by atomic mass is 9.83. The molecule has 59 heavy (non-hydrogen) atoms. The van der Waals surface area contributed by atoms with Crippen LogP contribution in [0.5, 0.6) is 5.75 Å². The van der Waals surface area contributed by atoms with Crippen LogP contribution in [0.15, 0.2) is 146 Å². The van der Waals surface area contributed by atoms with Gasteiger partial charge in [-0.15, -0.1) is 0 Å². The van der Waals surface area contributed by atoms with E-state index in [4.69, 9.17) is 14.1 Å². The number of aromatic nitrogens is 3. The number of para-hydroxylation sites is 2. The fourth-order valence-corrected chi connectivity index (χ4v) is 7.79. The number of aryl methyl sites for hydroxylation is 1. The van der Waals surface area contributed by atoms with Crippen molar-refractivity contribution in [3.8, 4) is 67.5 Å². The summed E-state index contributed by atoms with van der Waals surface area (Å²) >= 11 is 0. The molecule has 2 heterocycles. The van der Waals surface area contributed by atoms with Crippen LogP contribution in [-0.2, 0) is 16.2 Å². The third-order valence-electron chi connectivity index (χ3n) is 11.4. The molecule has 4 nitrogen and oxygen atoms in total. The zero-order valence-corrected chi connectivity index (χ0v) is 35.6. The van der Waals surface area contributed by atoms with Crippen LogP contribution in [0.25, 0.3) is 72.7 Å². The molecule has 0 atom stereocenters. The largest absolute Gasteiger partial charge is 0.507 e. The molecule has 0 aliphatic rings. The Kier molecular flexibility index (Phi) is 9.02. The summed E-state index contributed by atoms with van der Waals surface area (Å²) in [5.41, 5.74) is 14.8. The molecule has 0 aliphatic heterocycles. The van der Waals surface area contributed by atoms with E-state index < -0.39 is 6.85 Å². The Balaban J connectivity index is 1.35. The van der Waals surface area contributed by atoms with Gasteiger partial charge in [-0.2, -0.15) is 0 Å². The molecule has 0 aliphatic carbocycles. The molecule has 0 amide bonds. The van der Waals surface area contributed by atoms with E-state index in [0.717, 1.165) is 66.9 Å².